The predicted octanol–water partition coefficient (Wildman–Crippen LogP) is 8.73. The predicted molar refractivity (Wildman–Crippen MR) is 142 cm³/mol. The van der Waals surface area contributed by atoms with Gasteiger partial charge >= 0.3 is 0 Å². The molecule has 0 radical (unpaired) electrons. The first-order valence-electron chi connectivity index (χ1n) is 12.7. The van der Waals surface area contributed by atoms with Gasteiger partial charge in [-0.25, -0.2) is 4.98 Å². The first-order chi connectivity index (χ1) is 16.1. The number of fused-ring (bicyclic) bond motifs is 1. The highest BCUT2D eigenvalue weighted by molar-refractivity contribution is 6.07. The number of para-hydroxylation sites is 1. The summed E-state index contributed by atoms with van der Waals surface area (Å²) in [6.07, 6.45) is 5.38. The first kappa shape index (κ1) is 24.8. The Kier molecular flexibility index (Phi) is 8.18. The van der Waals surface area contributed by atoms with Gasteiger partial charge in [-0.15, -0.1) is 0 Å². The van der Waals surface area contributed by atoms with E-state index in [0.717, 1.165) is 23.5 Å². The van der Waals surface area contributed by atoms with Gasteiger partial charge < -0.3 is 0 Å². The quantitative estimate of drug-likeness (QED) is 0.407. The van der Waals surface area contributed by atoms with Crippen molar-refractivity contribution in [1.29, 1.82) is 0 Å². The fraction of sp³-hybridized carbons (Fsp3) is 0.433. The number of benzene rings is 1. The Labute approximate surface area is 200 Å². The molecule has 3 nitrogen and oxygen atoms in total. The Morgan fingerprint density at radius 2 is 1.48 bits per heavy atom. The molecule has 3 aromatic rings. The molecule has 2 aliphatic rings. The summed E-state index contributed by atoms with van der Waals surface area (Å²) in [6.45, 7) is 14.9. The van der Waals surface area contributed by atoms with Crippen molar-refractivity contribution >= 4 is 11.4 Å². The fourth-order valence-electron chi connectivity index (χ4n) is 4.74. The van der Waals surface area contributed by atoms with Crippen molar-refractivity contribution in [3.05, 3.63) is 77.6 Å². The highest BCUT2D eigenvalue weighted by Crippen LogP contribution is 2.57. The molecule has 1 spiro atoms. The van der Waals surface area contributed by atoms with Crippen LogP contribution in [0.25, 0.3) is 11.4 Å². The van der Waals surface area contributed by atoms with Crippen molar-refractivity contribution in [3.8, 4) is 11.4 Å². The van der Waals surface area contributed by atoms with Crippen LogP contribution in [0, 0.1) is 5.41 Å². The Balaban J connectivity index is 0.000000728. The van der Waals surface area contributed by atoms with Gasteiger partial charge in [0.1, 0.15) is 0 Å². The molecule has 33 heavy (non-hydrogen) atoms. The number of hydrogen-bond acceptors (Lipinski definition) is 3. The summed E-state index contributed by atoms with van der Waals surface area (Å²) in [7, 11) is 0. The van der Waals surface area contributed by atoms with E-state index in [1.807, 2.05) is 58.2 Å². The van der Waals surface area contributed by atoms with Gasteiger partial charge in [0, 0.05) is 11.6 Å². The number of aromatic nitrogens is 2. The lowest BCUT2D eigenvalue weighted by molar-refractivity contribution is 0.553. The van der Waals surface area contributed by atoms with E-state index in [1.54, 1.807) is 0 Å². The van der Waals surface area contributed by atoms with Crippen molar-refractivity contribution in [3.63, 3.8) is 0 Å². The molecule has 1 unspecified atom stereocenters. The van der Waals surface area contributed by atoms with Gasteiger partial charge in [-0.2, -0.15) is 0 Å². The van der Waals surface area contributed by atoms with Crippen LogP contribution in [0.4, 0.5) is 5.69 Å². The van der Waals surface area contributed by atoms with E-state index in [0.29, 0.717) is 11.8 Å². The van der Waals surface area contributed by atoms with Crippen LogP contribution in [0.3, 0.4) is 0 Å². The lowest BCUT2D eigenvalue weighted by Crippen LogP contribution is -2.19. The molecule has 0 amide bonds. The third-order valence-electron chi connectivity index (χ3n) is 6.45. The largest absolute Gasteiger partial charge is 0.255 e. The van der Waals surface area contributed by atoms with Crippen molar-refractivity contribution in [2.75, 3.05) is 0 Å². The second-order valence-corrected chi connectivity index (χ2v) is 8.91. The van der Waals surface area contributed by atoms with Crippen LogP contribution >= 0.6 is 0 Å². The van der Waals surface area contributed by atoms with Crippen LogP contribution in [0.5, 0.6) is 0 Å². The second-order valence-electron chi connectivity index (χ2n) is 8.91. The molecule has 0 bridgehead atoms. The summed E-state index contributed by atoms with van der Waals surface area (Å²) < 4.78 is 0. The van der Waals surface area contributed by atoms with E-state index in [9.17, 15) is 0 Å². The Bertz CT molecular complexity index is 1080. The van der Waals surface area contributed by atoms with E-state index in [1.165, 1.54) is 35.4 Å². The SMILES string of the molecule is CC.CC.CC(C)c1cccc2c1N=C(c1cccc(-c3ccccn3)n1)C1(CC1)CC2C. The standard InChI is InChI=1S/C26H27N3.2C2H6/c1-17(2)19-8-6-9-20-18(3)16-26(13-14-26)25(29-24(19)20)23-12-7-11-22(28-23)21-10-4-5-15-27-21;2*1-2/h4-12,15,17-18H,13-14,16H2,1-3H3;2*1-2H3. The van der Waals surface area contributed by atoms with Crippen LogP contribution in [-0.2, 0) is 0 Å². The zero-order chi connectivity index (χ0) is 24.0. The molecule has 1 aliphatic heterocycles. The molecule has 1 fully saturated rings. The minimum atomic E-state index is 0.169. The highest BCUT2D eigenvalue weighted by atomic mass is 14.9. The smallest absolute Gasteiger partial charge is 0.0894 e. The Morgan fingerprint density at radius 1 is 0.818 bits per heavy atom. The summed E-state index contributed by atoms with van der Waals surface area (Å²) in [5.74, 6) is 0.953. The van der Waals surface area contributed by atoms with Crippen LogP contribution in [0.15, 0.2) is 65.8 Å². The average Bonchev–Trinajstić information content (AvgIpc) is 3.66. The number of hydrogen-bond donors (Lipinski definition) is 0. The van der Waals surface area contributed by atoms with E-state index >= 15 is 0 Å². The molecule has 0 N–H and O–H groups in total. The van der Waals surface area contributed by atoms with Crippen molar-refractivity contribution in [1.82, 2.24) is 9.97 Å². The molecular weight excluding hydrogens is 402 g/mol. The highest BCUT2D eigenvalue weighted by Gasteiger charge is 2.50. The van der Waals surface area contributed by atoms with Gasteiger partial charge in [-0.3, -0.25) is 9.98 Å². The first-order valence-corrected chi connectivity index (χ1v) is 12.7. The summed E-state index contributed by atoms with van der Waals surface area (Å²) in [4.78, 5) is 14.9. The van der Waals surface area contributed by atoms with Gasteiger partial charge in [0.05, 0.1) is 28.5 Å². The van der Waals surface area contributed by atoms with Gasteiger partial charge in [-0.1, -0.05) is 78.8 Å². The number of nitrogens with zero attached hydrogens (tertiary/aromatic N) is 3. The van der Waals surface area contributed by atoms with Gasteiger partial charge in [0.2, 0.25) is 0 Å². The van der Waals surface area contributed by atoms with Crippen LogP contribution in [0.2, 0.25) is 0 Å². The van der Waals surface area contributed by atoms with Crippen molar-refractivity contribution in [2.24, 2.45) is 10.4 Å². The third-order valence-corrected chi connectivity index (χ3v) is 6.45. The van der Waals surface area contributed by atoms with Crippen molar-refractivity contribution in [2.45, 2.75) is 79.6 Å². The maximum Gasteiger partial charge on any atom is 0.0894 e. The van der Waals surface area contributed by atoms with Crippen LogP contribution < -0.4 is 0 Å². The molecule has 2 aromatic heterocycles. The number of aliphatic imine (C=N–C) groups is 1. The Morgan fingerprint density at radius 3 is 2.12 bits per heavy atom. The summed E-state index contributed by atoms with van der Waals surface area (Å²) >= 11 is 0. The van der Waals surface area contributed by atoms with E-state index in [2.05, 4.69) is 56.1 Å². The van der Waals surface area contributed by atoms with Gasteiger partial charge in [-0.05, 0) is 66.5 Å². The zero-order valence-electron chi connectivity index (χ0n) is 21.4. The average molecular weight is 442 g/mol. The molecule has 1 aromatic carbocycles. The van der Waals surface area contributed by atoms with E-state index in [4.69, 9.17) is 9.98 Å². The molecule has 0 saturated heterocycles. The molecule has 1 saturated carbocycles. The monoisotopic (exact) mass is 441 g/mol. The molecule has 174 valence electrons. The molecular formula is C30H39N3. The third kappa shape index (κ3) is 5.08. The van der Waals surface area contributed by atoms with Crippen LogP contribution in [0.1, 0.15) is 96.4 Å². The summed E-state index contributed by atoms with van der Waals surface area (Å²) in [6, 6.07) is 18.9. The minimum Gasteiger partial charge on any atom is -0.255 e. The normalized spacial score (nSPS) is 17.6. The topological polar surface area (TPSA) is 38.1 Å². The summed E-state index contributed by atoms with van der Waals surface area (Å²) in [5, 5.41) is 0. The lowest BCUT2D eigenvalue weighted by Gasteiger charge is -2.19. The number of pyridine rings is 2. The molecule has 3 heterocycles. The fourth-order valence-corrected chi connectivity index (χ4v) is 4.74. The van der Waals surface area contributed by atoms with Gasteiger partial charge in [0.15, 0.2) is 0 Å². The maximum atomic E-state index is 5.36. The summed E-state index contributed by atoms with van der Waals surface area (Å²) in [5.41, 5.74) is 8.07. The van der Waals surface area contributed by atoms with Crippen molar-refractivity contribution < 1.29 is 0 Å². The van der Waals surface area contributed by atoms with E-state index in [-0.39, 0.29) is 5.41 Å². The molecule has 3 heteroatoms. The molecule has 1 aliphatic carbocycles. The number of rotatable bonds is 3. The lowest BCUT2D eigenvalue weighted by atomic mass is 9.84. The second kappa shape index (κ2) is 10.9. The Hall–Kier alpha value is -2.81. The van der Waals surface area contributed by atoms with Crippen LogP contribution in [-0.4, -0.2) is 15.7 Å². The zero-order valence-corrected chi connectivity index (χ0v) is 21.4. The van der Waals surface area contributed by atoms with Gasteiger partial charge in [0.25, 0.3) is 0 Å². The maximum absolute atomic E-state index is 5.36. The molecule has 5 rings (SSSR count). The minimum absolute atomic E-state index is 0.169. The van der Waals surface area contributed by atoms with E-state index < -0.39 is 0 Å². The molecule has 1 atom stereocenters.